The number of aliphatic hydroxyl groups is 1. The van der Waals surface area contributed by atoms with E-state index in [0.717, 1.165) is 16.9 Å². The van der Waals surface area contributed by atoms with Crippen LogP contribution in [0.3, 0.4) is 0 Å². The Morgan fingerprint density at radius 2 is 1.97 bits per heavy atom. The van der Waals surface area contributed by atoms with Gasteiger partial charge in [0.2, 0.25) is 11.8 Å². The second-order valence-electron chi connectivity index (χ2n) is 8.29. The highest BCUT2D eigenvalue weighted by atomic mass is 16.6. The fraction of sp³-hybridized carbons (Fsp3) is 0.500. The summed E-state index contributed by atoms with van der Waals surface area (Å²) in [7, 11) is 3.21. The van der Waals surface area contributed by atoms with Gasteiger partial charge in [0.25, 0.3) is 0 Å². The summed E-state index contributed by atoms with van der Waals surface area (Å²) in [5.41, 5.74) is 1.93. The molecule has 9 nitrogen and oxygen atoms in total. The first-order valence-corrected chi connectivity index (χ1v) is 11.1. The summed E-state index contributed by atoms with van der Waals surface area (Å²) in [6.45, 7) is 1.47. The van der Waals surface area contributed by atoms with E-state index in [1.807, 2.05) is 36.4 Å². The molecule has 3 N–H and O–H groups in total. The molecular formula is C24H31N3O6. The molecule has 2 fully saturated rings. The van der Waals surface area contributed by atoms with Crippen LogP contribution in [0, 0.1) is 0 Å². The predicted octanol–water partition coefficient (Wildman–Crippen LogP) is 1.18. The van der Waals surface area contributed by atoms with Gasteiger partial charge in [0.15, 0.2) is 0 Å². The molecule has 33 heavy (non-hydrogen) atoms. The largest absolute Gasteiger partial charge is 0.497 e. The van der Waals surface area contributed by atoms with Gasteiger partial charge in [-0.25, -0.2) is 4.98 Å². The Kier molecular flexibility index (Phi) is 7.77. The normalized spacial score (nSPS) is 26.1. The lowest BCUT2D eigenvalue weighted by molar-refractivity contribution is -0.124. The van der Waals surface area contributed by atoms with Crippen LogP contribution in [0.1, 0.15) is 24.0 Å². The van der Waals surface area contributed by atoms with E-state index in [1.54, 1.807) is 20.4 Å². The molecular weight excluding hydrogens is 426 g/mol. The van der Waals surface area contributed by atoms with Gasteiger partial charge in [-0.2, -0.15) is 0 Å². The zero-order valence-corrected chi connectivity index (χ0v) is 18.9. The molecule has 1 aromatic carbocycles. The average molecular weight is 458 g/mol. The molecule has 0 spiro atoms. The van der Waals surface area contributed by atoms with Gasteiger partial charge in [0.05, 0.1) is 39.0 Å². The number of fused-ring (bicyclic) bond motifs is 1. The molecule has 0 saturated carbocycles. The van der Waals surface area contributed by atoms with Crippen molar-refractivity contribution in [1.29, 1.82) is 0 Å². The fourth-order valence-electron chi connectivity index (χ4n) is 4.32. The van der Waals surface area contributed by atoms with E-state index in [2.05, 4.69) is 15.6 Å². The molecule has 9 heteroatoms. The maximum absolute atomic E-state index is 12.3. The van der Waals surface area contributed by atoms with E-state index in [9.17, 15) is 9.90 Å². The van der Waals surface area contributed by atoms with Gasteiger partial charge in [-0.3, -0.25) is 4.79 Å². The van der Waals surface area contributed by atoms with Crippen LogP contribution >= 0.6 is 0 Å². The number of nitrogens with one attached hydrogen (secondary N) is 2. The Labute approximate surface area is 193 Å². The number of carbonyl (C=O) groups excluding carboxylic acids is 1. The van der Waals surface area contributed by atoms with Crippen molar-refractivity contribution in [3.63, 3.8) is 0 Å². The maximum atomic E-state index is 12.3. The number of aliphatic hydroxyl groups excluding tert-OH is 1. The van der Waals surface area contributed by atoms with Crippen LogP contribution in [-0.2, 0) is 27.4 Å². The van der Waals surface area contributed by atoms with Crippen LogP contribution in [0.5, 0.6) is 11.6 Å². The zero-order valence-electron chi connectivity index (χ0n) is 18.9. The fourth-order valence-corrected chi connectivity index (χ4v) is 4.32. The van der Waals surface area contributed by atoms with Gasteiger partial charge in [-0.1, -0.05) is 18.2 Å². The molecule has 2 aromatic rings. The molecule has 178 valence electrons. The second-order valence-corrected chi connectivity index (χ2v) is 8.29. The smallest absolute Gasteiger partial charge is 0.222 e. The SMILES string of the molecule is COc1ccc(CNC(=O)C[C@@H]2C[C@H]3O[C@H](CNCc4cccnc4OC)[C@@H](O)[C@H]3O2)cc1. The molecule has 0 bridgehead atoms. The number of methoxy groups -OCH3 is 2. The van der Waals surface area contributed by atoms with Crippen LogP contribution in [0.2, 0.25) is 0 Å². The highest BCUT2D eigenvalue weighted by molar-refractivity contribution is 5.76. The van der Waals surface area contributed by atoms with Gasteiger partial charge in [0, 0.05) is 37.8 Å². The minimum atomic E-state index is -0.745. The van der Waals surface area contributed by atoms with Crippen molar-refractivity contribution in [3.05, 3.63) is 53.7 Å². The molecule has 4 rings (SSSR count). The summed E-state index contributed by atoms with van der Waals surface area (Å²) in [5, 5.41) is 16.9. The van der Waals surface area contributed by atoms with Gasteiger partial charge in [0.1, 0.15) is 18.0 Å². The van der Waals surface area contributed by atoms with E-state index in [4.69, 9.17) is 18.9 Å². The first kappa shape index (κ1) is 23.4. The first-order chi connectivity index (χ1) is 16.1. The lowest BCUT2D eigenvalue weighted by Gasteiger charge is -2.20. The summed E-state index contributed by atoms with van der Waals surface area (Å²) < 4.78 is 22.4. The van der Waals surface area contributed by atoms with Gasteiger partial charge < -0.3 is 34.7 Å². The Balaban J connectivity index is 1.18. The monoisotopic (exact) mass is 457 g/mol. The quantitative estimate of drug-likeness (QED) is 0.488. The average Bonchev–Trinajstić information content (AvgIpc) is 3.36. The van der Waals surface area contributed by atoms with E-state index in [1.165, 1.54) is 0 Å². The summed E-state index contributed by atoms with van der Waals surface area (Å²) >= 11 is 0. The molecule has 2 aliphatic rings. The molecule has 1 amide bonds. The Morgan fingerprint density at radius 3 is 2.70 bits per heavy atom. The number of benzene rings is 1. The van der Waals surface area contributed by atoms with E-state index < -0.39 is 12.2 Å². The van der Waals surface area contributed by atoms with Crippen LogP contribution in [0.15, 0.2) is 42.6 Å². The van der Waals surface area contributed by atoms with Crippen LogP contribution in [0.4, 0.5) is 0 Å². The van der Waals surface area contributed by atoms with E-state index in [0.29, 0.717) is 31.9 Å². The van der Waals surface area contributed by atoms with Crippen LogP contribution < -0.4 is 20.1 Å². The van der Waals surface area contributed by atoms with Gasteiger partial charge in [-0.15, -0.1) is 0 Å². The van der Waals surface area contributed by atoms with Gasteiger partial charge >= 0.3 is 0 Å². The lowest BCUT2D eigenvalue weighted by Crippen LogP contribution is -2.39. The van der Waals surface area contributed by atoms with Gasteiger partial charge in [-0.05, 0) is 23.8 Å². The number of carbonyl (C=O) groups is 1. The molecule has 2 aliphatic heterocycles. The predicted molar refractivity (Wildman–Crippen MR) is 120 cm³/mol. The van der Waals surface area contributed by atoms with Crippen molar-refractivity contribution < 1.29 is 28.8 Å². The molecule has 0 unspecified atom stereocenters. The molecule has 1 aromatic heterocycles. The number of hydrogen-bond acceptors (Lipinski definition) is 8. The highest BCUT2D eigenvalue weighted by Gasteiger charge is 2.50. The molecule has 3 heterocycles. The number of hydrogen-bond donors (Lipinski definition) is 3. The number of ether oxygens (including phenoxy) is 4. The second kappa shape index (κ2) is 10.9. The summed E-state index contributed by atoms with van der Waals surface area (Å²) in [6.07, 6.45) is 0.508. The summed E-state index contributed by atoms with van der Waals surface area (Å²) in [6, 6.07) is 11.3. The third-order valence-electron chi connectivity index (χ3n) is 6.04. The summed E-state index contributed by atoms with van der Waals surface area (Å²) in [4.78, 5) is 16.5. The minimum Gasteiger partial charge on any atom is -0.497 e. The highest BCUT2D eigenvalue weighted by Crippen LogP contribution is 2.35. The van der Waals surface area contributed by atoms with Crippen molar-refractivity contribution in [1.82, 2.24) is 15.6 Å². The number of rotatable bonds is 10. The Bertz CT molecular complexity index is 925. The van der Waals surface area contributed by atoms with Crippen molar-refractivity contribution in [3.8, 4) is 11.6 Å². The minimum absolute atomic E-state index is 0.0890. The molecule has 2 saturated heterocycles. The zero-order chi connectivity index (χ0) is 23.2. The number of aromatic nitrogens is 1. The lowest BCUT2D eigenvalue weighted by atomic mass is 10.1. The van der Waals surface area contributed by atoms with E-state index in [-0.39, 0.29) is 30.6 Å². The van der Waals surface area contributed by atoms with Crippen molar-refractivity contribution in [2.24, 2.45) is 0 Å². The molecule has 0 radical (unpaired) electrons. The molecule has 5 atom stereocenters. The van der Waals surface area contributed by atoms with Crippen molar-refractivity contribution in [2.75, 3.05) is 20.8 Å². The van der Waals surface area contributed by atoms with Crippen molar-refractivity contribution >= 4 is 5.91 Å². The third kappa shape index (κ3) is 5.80. The Hall–Kier alpha value is -2.72. The van der Waals surface area contributed by atoms with Crippen LogP contribution in [-0.4, -0.2) is 67.3 Å². The van der Waals surface area contributed by atoms with Crippen molar-refractivity contribution in [2.45, 2.75) is 56.5 Å². The topological polar surface area (TPSA) is 111 Å². The standard InChI is InChI=1S/C24H31N3O6/c1-30-17-7-5-15(6-8-17)12-27-21(28)11-18-10-19-23(32-18)22(29)20(33-19)14-25-13-16-4-3-9-26-24(16)31-2/h3-9,18-20,22-23,25,29H,10-14H2,1-2H3,(H,27,28)/t18-,19+,20+,22+,23-/m0/s1. The third-order valence-corrected chi connectivity index (χ3v) is 6.04. The number of nitrogens with zero attached hydrogens (tertiary/aromatic N) is 1. The maximum Gasteiger partial charge on any atom is 0.222 e. The summed E-state index contributed by atoms with van der Waals surface area (Å²) in [5.74, 6) is 1.26. The molecule has 0 aliphatic carbocycles. The number of pyridine rings is 1. The number of amides is 1. The Morgan fingerprint density at radius 1 is 1.15 bits per heavy atom. The first-order valence-electron chi connectivity index (χ1n) is 11.1. The van der Waals surface area contributed by atoms with Crippen LogP contribution in [0.25, 0.3) is 0 Å². The van der Waals surface area contributed by atoms with E-state index >= 15 is 0 Å².